The lowest BCUT2D eigenvalue weighted by molar-refractivity contribution is -0.144. The van der Waals surface area contributed by atoms with E-state index >= 15 is 0 Å². The van der Waals surface area contributed by atoms with Gasteiger partial charge >= 0.3 is 12.0 Å². The van der Waals surface area contributed by atoms with Gasteiger partial charge in [-0.25, -0.2) is 9.59 Å². The number of benzene rings is 1. The number of carbonyl (C=O) groups is 2. The van der Waals surface area contributed by atoms with Crippen LogP contribution in [0.4, 0.5) is 10.5 Å². The molecule has 6 nitrogen and oxygen atoms in total. The summed E-state index contributed by atoms with van der Waals surface area (Å²) in [5, 5.41) is 13.6. The van der Waals surface area contributed by atoms with Crippen LogP contribution in [0, 0.1) is 11.3 Å². The van der Waals surface area contributed by atoms with Crippen LogP contribution < -0.4 is 10.6 Å². The third kappa shape index (κ3) is 4.68. The van der Waals surface area contributed by atoms with Gasteiger partial charge in [-0.15, -0.1) is 0 Å². The molecule has 0 aromatic heterocycles. The van der Waals surface area contributed by atoms with E-state index in [0.717, 1.165) is 0 Å². The van der Waals surface area contributed by atoms with Crippen LogP contribution >= 0.6 is 0 Å². The van der Waals surface area contributed by atoms with Gasteiger partial charge in [0.25, 0.3) is 0 Å². The molecule has 1 atom stereocenters. The van der Waals surface area contributed by atoms with Crippen LogP contribution in [0.5, 0.6) is 0 Å². The van der Waals surface area contributed by atoms with Crippen LogP contribution in [0.1, 0.15) is 19.4 Å². The number of esters is 1. The molecule has 0 spiro atoms. The number of carbonyl (C=O) groups excluding carboxylic acids is 2. The van der Waals surface area contributed by atoms with Crippen LogP contribution in [0.3, 0.4) is 0 Å². The van der Waals surface area contributed by atoms with Gasteiger partial charge in [-0.2, -0.15) is 5.26 Å². The molecule has 0 saturated heterocycles. The van der Waals surface area contributed by atoms with Crippen LogP contribution in [0.2, 0.25) is 0 Å². The fourth-order valence-corrected chi connectivity index (χ4v) is 1.32. The summed E-state index contributed by atoms with van der Waals surface area (Å²) in [6.07, 6.45) is 0. The van der Waals surface area contributed by atoms with Gasteiger partial charge in [0.2, 0.25) is 0 Å². The SMILES string of the molecule is CCOC(=O)C(C)NC(=O)Nc1ccc(C#N)cc1. The molecule has 1 unspecified atom stereocenters. The molecule has 0 aliphatic heterocycles. The van der Waals surface area contributed by atoms with Gasteiger partial charge in [-0.05, 0) is 38.1 Å². The van der Waals surface area contributed by atoms with Gasteiger partial charge in [-0.1, -0.05) is 0 Å². The molecule has 6 heteroatoms. The maximum Gasteiger partial charge on any atom is 0.328 e. The molecule has 0 radical (unpaired) electrons. The van der Waals surface area contributed by atoms with Gasteiger partial charge in [-0.3, -0.25) is 0 Å². The first-order valence-corrected chi connectivity index (χ1v) is 5.81. The van der Waals surface area contributed by atoms with Crippen molar-refractivity contribution in [1.29, 1.82) is 5.26 Å². The minimum atomic E-state index is -0.724. The fraction of sp³-hybridized carbons (Fsp3) is 0.308. The van der Waals surface area contributed by atoms with E-state index in [2.05, 4.69) is 10.6 Å². The molecule has 100 valence electrons. The number of nitrogens with one attached hydrogen (secondary N) is 2. The van der Waals surface area contributed by atoms with Crippen LogP contribution in [-0.2, 0) is 9.53 Å². The Labute approximate surface area is 111 Å². The van der Waals surface area contributed by atoms with E-state index in [1.54, 1.807) is 31.2 Å². The normalized spacial score (nSPS) is 11.0. The second-order valence-electron chi connectivity index (χ2n) is 3.76. The van der Waals surface area contributed by atoms with Gasteiger partial charge in [0.1, 0.15) is 6.04 Å². The van der Waals surface area contributed by atoms with E-state index in [9.17, 15) is 9.59 Å². The van der Waals surface area contributed by atoms with E-state index in [4.69, 9.17) is 10.00 Å². The Bertz CT molecular complexity index is 491. The van der Waals surface area contributed by atoms with Crippen molar-refractivity contribution in [1.82, 2.24) is 5.32 Å². The molecule has 1 rings (SSSR count). The quantitative estimate of drug-likeness (QED) is 0.806. The topological polar surface area (TPSA) is 91.2 Å². The molecule has 0 fully saturated rings. The van der Waals surface area contributed by atoms with Crippen molar-refractivity contribution in [3.05, 3.63) is 29.8 Å². The molecule has 0 bridgehead atoms. The molecular formula is C13H15N3O3. The van der Waals surface area contributed by atoms with Crippen LogP contribution in [-0.4, -0.2) is 24.6 Å². The molecule has 2 amide bonds. The number of ether oxygens (including phenoxy) is 1. The number of nitriles is 1. The van der Waals surface area contributed by atoms with Crippen LogP contribution in [0.15, 0.2) is 24.3 Å². The monoisotopic (exact) mass is 261 g/mol. The Balaban J connectivity index is 2.50. The number of rotatable bonds is 4. The lowest BCUT2D eigenvalue weighted by Gasteiger charge is -2.13. The molecule has 0 heterocycles. The fourth-order valence-electron chi connectivity index (χ4n) is 1.32. The number of amides is 2. The Morgan fingerprint density at radius 2 is 2.00 bits per heavy atom. The number of urea groups is 1. The summed E-state index contributed by atoms with van der Waals surface area (Å²) in [7, 11) is 0. The molecule has 1 aromatic rings. The van der Waals surface area contributed by atoms with Gasteiger partial charge in [0, 0.05) is 5.69 Å². The highest BCUT2D eigenvalue weighted by Gasteiger charge is 2.16. The van der Waals surface area contributed by atoms with Crippen molar-refractivity contribution in [2.24, 2.45) is 0 Å². The molecular weight excluding hydrogens is 246 g/mol. The molecule has 1 aromatic carbocycles. The zero-order valence-corrected chi connectivity index (χ0v) is 10.8. The van der Waals surface area contributed by atoms with E-state index in [0.29, 0.717) is 11.3 Å². The van der Waals surface area contributed by atoms with Crippen molar-refractivity contribution in [2.75, 3.05) is 11.9 Å². The molecule has 0 saturated carbocycles. The largest absolute Gasteiger partial charge is 0.464 e. The van der Waals surface area contributed by atoms with E-state index < -0.39 is 18.0 Å². The van der Waals surface area contributed by atoms with Crippen molar-refractivity contribution < 1.29 is 14.3 Å². The molecule has 0 aliphatic rings. The second kappa shape index (κ2) is 7.01. The zero-order chi connectivity index (χ0) is 14.3. The van der Waals surface area contributed by atoms with Gasteiger partial charge < -0.3 is 15.4 Å². The van der Waals surface area contributed by atoms with Crippen molar-refractivity contribution >= 4 is 17.7 Å². The average molecular weight is 261 g/mol. The first-order chi connectivity index (χ1) is 9.06. The van der Waals surface area contributed by atoms with Crippen LogP contribution in [0.25, 0.3) is 0 Å². The maximum absolute atomic E-state index is 11.6. The predicted molar refractivity (Wildman–Crippen MR) is 69.4 cm³/mol. The highest BCUT2D eigenvalue weighted by molar-refractivity contribution is 5.92. The highest BCUT2D eigenvalue weighted by Crippen LogP contribution is 2.08. The zero-order valence-electron chi connectivity index (χ0n) is 10.8. The summed E-state index contributed by atoms with van der Waals surface area (Å²) in [5.74, 6) is -0.488. The summed E-state index contributed by atoms with van der Waals surface area (Å²) in [6.45, 7) is 3.50. The number of anilines is 1. The minimum absolute atomic E-state index is 0.266. The smallest absolute Gasteiger partial charge is 0.328 e. The first-order valence-electron chi connectivity index (χ1n) is 5.81. The Hall–Kier alpha value is -2.55. The Morgan fingerprint density at radius 3 is 2.53 bits per heavy atom. The van der Waals surface area contributed by atoms with Crippen molar-refractivity contribution in [2.45, 2.75) is 19.9 Å². The molecule has 0 aliphatic carbocycles. The van der Waals surface area contributed by atoms with Crippen molar-refractivity contribution in [3.8, 4) is 6.07 Å². The average Bonchev–Trinajstić information content (AvgIpc) is 2.39. The molecule has 2 N–H and O–H groups in total. The van der Waals surface area contributed by atoms with E-state index in [1.165, 1.54) is 6.92 Å². The standard InChI is InChI=1S/C13H15N3O3/c1-3-19-12(17)9(2)15-13(18)16-11-6-4-10(8-14)5-7-11/h4-7,9H,3H2,1-2H3,(H2,15,16,18). The van der Waals surface area contributed by atoms with Crippen molar-refractivity contribution in [3.63, 3.8) is 0 Å². The number of hydrogen-bond acceptors (Lipinski definition) is 4. The first kappa shape index (κ1) is 14.5. The summed E-state index contributed by atoms with van der Waals surface area (Å²) in [6, 6.07) is 7.13. The summed E-state index contributed by atoms with van der Waals surface area (Å²) >= 11 is 0. The van der Waals surface area contributed by atoms with Gasteiger partial charge in [0.05, 0.1) is 18.2 Å². The summed E-state index contributed by atoms with van der Waals surface area (Å²) in [4.78, 5) is 22.9. The van der Waals surface area contributed by atoms with E-state index in [-0.39, 0.29) is 6.61 Å². The minimum Gasteiger partial charge on any atom is -0.464 e. The number of hydrogen-bond donors (Lipinski definition) is 2. The van der Waals surface area contributed by atoms with E-state index in [1.807, 2.05) is 6.07 Å². The highest BCUT2D eigenvalue weighted by atomic mass is 16.5. The predicted octanol–water partition coefficient (Wildman–Crippen LogP) is 1.63. The third-order valence-electron chi connectivity index (χ3n) is 2.26. The summed E-state index contributed by atoms with van der Waals surface area (Å²) < 4.78 is 4.77. The lowest BCUT2D eigenvalue weighted by atomic mass is 10.2. The second-order valence-corrected chi connectivity index (χ2v) is 3.76. The maximum atomic E-state index is 11.6. The third-order valence-corrected chi connectivity index (χ3v) is 2.26. The number of nitrogens with zero attached hydrogens (tertiary/aromatic N) is 1. The van der Waals surface area contributed by atoms with Gasteiger partial charge in [0.15, 0.2) is 0 Å². The molecule has 19 heavy (non-hydrogen) atoms. The Kier molecular flexibility index (Phi) is 5.35. The summed E-state index contributed by atoms with van der Waals surface area (Å²) in [5.41, 5.74) is 1.04. The lowest BCUT2D eigenvalue weighted by Crippen LogP contribution is -2.41. The Morgan fingerprint density at radius 1 is 1.37 bits per heavy atom.